The van der Waals surface area contributed by atoms with E-state index in [1.165, 1.54) is 73.8 Å². The molecule has 6 rings (SSSR count). The van der Waals surface area contributed by atoms with Crippen molar-refractivity contribution >= 4 is 155 Å². The highest BCUT2D eigenvalue weighted by molar-refractivity contribution is 7.87. The number of ether oxygens (including phenoxy) is 12. The number of hydrogen-bond donors (Lipinski definition) is 0. The molecule has 147 heavy (non-hydrogen) atoms. The lowest BCUT2D eigenvalue weighted by Crippen LogP contribution is -2.40. The van der Waals surface area contributed by atoms with Gasteiger partial charge < -0.3 is 84.2 Å². The standard InChI is InChI=1S/C15H19B2F3O5S.C14H17B2F3O5S.C14H15B2F3O5S.C13H15B2F3O5S.C13H13B2F3O5S.C12H13B2F3O5S/c1-14(2,3)25-13-9(6-16)4-11(5-10(13)7-17)24-12(15(18,19)20)8-26(21,22)23;1-8(2)23-13-9(5-15)3-11(4-10(13)6-16)24-12(14(17,18)19)7-25(20,21)22;1-2-3-23-13-9(6-15)4-11(5-10(13)7-16)24-12(14(17,18)19)8-25(20,21)22;2*1-2-22-12-8(5-14)3-10(4-9(12)6-15)23-11(13(16,17)18)7-24(19,20)21;1-21-11-7(4-13)2-9(3-8(11)5-14)22-10(12(15,16)17)6-23(18,19)20/h4-5,12H,6-8H2,1-3H3,(H,21,22,23);3-4,8,12H,5-7H2,1-2H3,(H,20,21,22);2,4-5,12H,1,3,6-8H2,(H,20,21,22);3-4,11H,2,5-7H2,1H3,(H,19,20,21);2-4,11H,1,5-7H2,(H,19,20,21);2-3,10H,4-6H2,1H3,(H,18,19,20)/p-6. The zero-order valence-electron chi connectivity index (χ0n) is 78.6. The minimum Gasteiger partial charge on any atom is -0.748 e. The Morgan fingerprint density at radius 1 is 0.293 bits per heavy atom. The van der Waals surface area contributed by atoms with E-state index in [-0.39, 0.29) is 146 Å². The molecule has 0 aliphatic rings. The Balaban J connectivity index is 0.000000882. The molecule has 6 atom stereocenters. The van der Waals surface area contributed by atoms with Gasteiger partial charge in [0.2, 0.25) is 36.6 Å². The van der Waals surface area contributed by atoms with Gasteiger partial charge in [0, 0.05) is 0 Å². The van der Waals surface area contributed by atoms with Crippen LogP contribution in [0.15, 0.2) is 98.3 Å². The van der Waals surface area contributed by atoms with Crippen LogP contribution in [-0.2, 0) is 137 Å². The highest BCUT2D eigenvalue weighted by Gasteiger charge is 2.49. The van der Waals surface area contributed by atoms with E-state index in [9.17, 15) is 157 Å². The first kappa shape index (κ1) is 136. The smallest absolute Gasteiger partial charge is 0.426 e. The summed E-state index contributed by atoms with van der Waals surface area (Å²) in [4.78, 5) is 0. The maximum atomic E-state index is 13.0. The Morgan fingerprint density at radius 2 is 0.469 bits per heavy atom. The quantitative estimate of drug-likeness (QED) is 0.0113. The van der Waals surface area contributed by atoms with Crippen LogP contribution in [0.5, 0.6) is 69.0 Å². The fourth-order valence-electron chi connectivity index (χ4n) is 11.8. The van der Waals surface area contributed by atoms with E-state index in [1.54, 1.807) is 41.5 Å². The van der Waals surface area contributed by atoms with Gasteiger partial charge in [-0.1, -0.05) is 95.1 Å². The summed E-state index contributed by atoms with van der Waals surface area (Å²) >= 11 is 0. The minimum absolute atomic E-state index is 0.0595. The maximum absolute atomic E-state index is 13.0. The molecule has 0 heterocycles. The van der Waals surface area contributed by atoms with E-state index in [2.05, 4.69) is 22.6 Å². The van der Waals surface area contributed by atoms with Gasteiger partial charge in [0.05, 0.1) is 215 Å². The second kappa shape index (κ2) is 58.8. The molecule has 6 aromatic rings. The summed E-state index contributed by atoms with van der Waals surface area (Å²) in [5, 5.41) is 0. The number of alkyl halides is 18. The maximum Gasteiger partial charge on any atom is 0.426 e. The number of rotatable bonds is 47. The summed E-state index contributed by atoms with van der Waals surface area (Å²) in [6.07, 6.45) is -45.7. The van der Waals surface area contributed by atoms with Gasteiger partial charge in [-0.15, -0.1) is 0 Å². The first-order chi connectivity index (χ1) is 67.1. The van der Waals surface area contributed by atoms with Gasteiger partial charge in [-0.25, -0.2) is 50.5 Å². The molecule has 0 bridgehead atoms. The molecule has 24 radical (unpaired) electrons. The Hall–Kier alpha value is -8.62. The molecule has 0 fully saturated rings. The van der Waals surface area contributed by atoms with Crippen LogP contribution < -0.4 is 56.8 Å². The lowest BCUT2D eigenvalue weighted by molar-refractivity contribution is -0.188. The number of halogens is 18. The molecule has 0 amide bonds. The summed E-state index contributed by atoms with van der Waals surface area (Å²) < 4.78 is 485. The van der Waals surface area contributed by atoms with E-state index in [4.69, 9.17) is 142 Å². The third kappa shape index (κ3) is 50.9. The molecule has 794 valence electrons. The van der Waals surface area contributed by atoms with Gasteiger partial charge in [0.15, 0.2) is 0 Å². The molecule has 0 aliphatic heterocycles. The van der Waals surface area contributed by atoms with Crippen LogP contribution in [0.2, 0.25) is 0 Å². The van der Waals surface area contributed by atoms with Gasteiger partial charge in [-0.3, -0.25) is 0 Å². The van der Waals surface area contributed by atoms with Gasteiger partial charge in [-0.2, -0.15) is 79.0 Å². The summed E-state index contributed by atoms with van der Waals surface area (Å²) in [5.74, 6) is -10.5. The molecule has 0 spiro atoms. The molecule has 0 saturated heterocycles. The molecule has 0 saturated carbocycles. The molecule has 6 unspecified atom stereocenters. The van der Waals surface area contributed by atoms with Crippen LogP contribution >= 0.6 is 0 Å². The van der Waals surface area contributed by atoms with E-state index in [0.29, 0.717) is 85.2 Å². The number of benzene rings is 6. The summed E-state index contributed by atoms with van der Waals surface area (Å²) in [6.45, 7) is 17.8. The molecule has 6 aromatic carbocycles. The molecule has 30 nitrogen and oxygen atoms in total. The zero-order valence-corrected chi connectivity index (χ0v) is 83.5. The van der Waals surface area contributed by atoms with Gasteiger partial charge in [-0.05, 0) is 181 Å². The van der Waals surface area contributed by atoms with Crippen LogP contribution in [0.4, 0.5) is 79.0 Å². The van der Waals surface area contributed by atoms with E-state index >= 15 is 0 Å². The van der Waals surface area contributed by atoms with E-state index in [0.717, 1.165) is 18.4 Å². The lowest BCUT2D eigenvalue weighted by Gasteiger charge is -2.27. The van der Waals surface area contributed by atoms with Crippen molar-refractivity contribution in [3.05, 3.63) is 165 Å². The highest BCUT2D eigenvalue weighted by atomic mass is 32.2. The second-order valence-corrected chi connectivity index (χ2v) is 39.7. The minimum atomic E-state index is -5.16. The predicted molar refractivity (Wildman–Crippen MR) is 503 cm³/mol. The molecule has 0 N–H and O–H groups in total. The first-order valence-corrected chi connectivity index (χ1v) is 51.0. The van der Waals surface area contributed by atoms with Crippen molar-refractivity contribution < 1.29 is 214 Å². The fourth-order valence-corrected chi connectivity index (χ4v) is 15.6. The number of hydrogen-bond acceptors (Lipinski definition) is 30. The Kier molecular flexibility index (Phi) is 54.6. The third-order valence-corrected chi connectivity index (χ3v) is 22.0. The van der Waals surface area contributed by atoms with Crippen molar-refractivity contribution in [2.24, 2.45) is 0 Å². The number of methoxy groups -OCH3 is 1. The van der Waals surface area contributed by atoms with Gasteiger partial charge in [0.1, 0.15) is 81.2 Å². The van der Waals surface area contributed by atoms with Gasteiger partial charge >= 0.3 is 37.1 Å². The topological polar surface area (TPSA) is 454 Å². The fraction of sp³-hybridized carbons (Fsp3) is 0.506. The Bertz CT molecular complexity index is 5830. The van der Waals surface area contributed by atoms with E-state index < -0.39 is 175 Å². The summed E-state index contributed by atoms with van der Waals surface area (Å²) in [5.41, 5.74) is 3.28. The van der Waals surface area contributed by atoms with Crippen LogP contribution in [0.3, 0.4) is 0 Å². The second-order valence-electron chi connectivity index (χ2n) is 31.0. The molecular formula is C81H86B12F18O30S6-6. The molecule has 0 aliphatic carbocycles. The van der Waals surface area contributed by atoms with Crippen molar-refractivity contribution in [3.63, 3.8) is 0 Å². The van der Waals surface area contributed by atoms with Crippen LogP contribution in [-0.4, -0.2) is 312 Å². The molecule has 0 aromatic heterocycles. The van der Waals surface area contributed by atoms with E-state index in [1.807, 2.05) is 0 Å². The average Bonchev–Trinajstić information content (AvgIpc) is 0.800. The Labute approximate surface area is 855 Å². The summed E-state index contributed by atoms with van der Waals surface area (Å²) in [6, 6.07) is 14.2. The largest absolute Gasteiger partial charge is 0.748 e. The monoisotopic (exact) mass is 2200 g/mol. The van der Waals surface area contributed by atoms with Crippen molar-refractivity contribution in [1.29, 1.82) is 0 Å². The van der Waals surface area contributed by atoms with Crippen LogP contribution in [0.1, 0.15) is 108 Å². The normalized spacial score (nSPS) is 13.6. The highest BCUT2D eigenvalue weighted by Crippen LogP contribution is 2.42. The third-order valence-electron chi connectivity index (χ3n) is 17.7. The van der Waals surface area contributed by atoms with Gasteiger partial charge in [0.25, 0.3) is 0 Å². The lowest BCUT2D eigenvalue weighted by atomic mass is 9.89. The first-order valence-electron chi connectivity index (χ1n) is 41.5. The van der Waals surface area contributed by atoms with Crippen LogP contribution in [0, 0.1) is 0 Å². The van der Waals surface area contributed by atoms with Crippen molar-refractivity contribution in [1.82, 2.24) is 0 Å². The van der Waals surface area contributed by atoms with Crippen molar-refractivity contribution in [2.75, 3.05) is 54.8 Å². The zero-order chi connectivity index (χ0) is 114. The van der Waals surface area contributed by atoms with Crippen molar-refractivity contribution in [2.45, 2.75) is 203 Å². The Morgan fingerprint density at radius 3 is 0.619 bits per heavy atom. The molecule has 66 heteroatoms. The average molecular weight is 2200 g/mol. The van der Waals surface area contributed by atoms with Crippen molar-refractivity contribution in [3.8, 4) is 69.0 Å². The molecular weight excluding hydrogens is 2120 g/mol. The van der Waals surface area contributed by atoms with Crippen LogP contribution in [0.25, 0.3) is 0 Å². The SMILES string of the molecule is [B]Cc1cc(OC(CS(=O)(=O)[O-])C(F)(F)F)cc(C[B])c1OC.[B]Cc1cc(OC(CS(=O)(=O)[O-])C(F)(F)F)cc(C[B])c1OC(C)(C)C.[B]Cc1cc(OC(CS(=O)(=O)[O-])C(F)(F)F)cc(C[B])c1OC(C)C.[B]Cc1cc(OC(CS(=O)(=O)[O-])C(F)(F)F)cc(C[B])c1OC=C.[B]Cc1cc(OC(CS(=O)(=O)[O-])C(F)(F)F)cc(C[B])c1OCC.[B]Cc1cc(OC(CS(=O)(=O)[O-])C(F)(F)F)cc(C[B])c1OCC=C. The summed E-state index contributed by atoms with van der Waals surface area (Å²) in [7, 11) is 37.1. The predicted octanol–water partition coefficient (Wildman–Crippen LogP) is 8.73.